The minimum atomic E-state index is -0.243. The number of nitrogens with one attached hydrogen (secondary N) is 1. The van der Waals surface area contributed by atoms with E-state index in [0.717, 1.165) is 4.88 Å². The largest absolute Gasteiger partial charge is 0.327 e. The third-order valence-corrected chi connectivity index (χ3v) is 3.91. The van der Waals surface area contributed by atoms with Crippen LogP contribution in [0.15, 0.2) is 36.5 Å². The van der Waals surface area contributed by atoms with Gasteiger partial charge in [-0.05, 0) is 32.9 Å². The van der Waals surface area contributed by atoms with Gasteiger partial charge < -0.3 is 10.2 Å². The summed E-state index contributed by atoms with van der Waals surface area (Å²) in [7, 11) is 0. The number of carbonyl (C=O) groups is 2. The van der Waals surface area contributed by atoms with Gasteiger partial charge in [0.15, 0.2) is 5.13 Å². The number of benzene rings is 1. The number of hydrogen-bond acceptors (Lipinski definition) is 4. The van der Waals surface area contributed by atoms with E-state index in [1.165, 1.54) is 11.3 Å². The Labute approximate surface area is 134 Å². The highest BCUT2D eigenvalue weighted by atomic mass is 32.1. The third kappa shape index (κ3) is 4.14. The van der Waals surface area contributed by atoms with Gasteiger partial charge in [-0.25, -0.2) is 4.98 Å². The molecule has 0 saturated carbocycles. The zero-order valence-electron chi connectivity index (χ0n) is 12.9. The number of aryl methyl sites for hydroxylation is 1. The molecule has 0 atom stereocenters. The Hall–Kier alpha value is -2.21. The van der Waals surface area contributed by atoms with Gasteiger partial charge in [0.1, 0.15) is 6.54 Å². The molecule has 116 valence electrons. The number of rotatable bonds is 5. The van der Waals surface area contributed by atoms with Crippen molar-refractivity contribution in [3.8, 4) is 0 Å². The van der Waals surface area contributed by atoms with Gasteiger partial charge in [0.25, 0.3) is 5.91 Å². The SMILES string of the molecule is Cc1cnc(NC(=O)CN(C(=O)c2ccccc2)C(C)C)s1. The molecule has 0 spiro atoms. The molecule has 2 aromatic rings. The van der Waals surface area contributed by atoms with Crippen molar-refractivity contribution in [2.75, 3.05) is 11.9 Å². The fourth-order valence-electron chi connectivity index (χ4n) is 1.96. The van der Waals surface area contributed by atoms with E-state index in [1.807, 2.05) is 39.0 Å². The zero-order chi connectivity index (χ0) is 16.1. The second-order valence-electron chi connectivity index (χ2n) is 5.22. The number of thiazole rings is 1. The highest BCUT2D eigenvalue weighted by molar-refractivity contribution is 7.15. The van der Waals surface area contributed by atoms with E-state index in [0.29, 0.717) is 10.7 Å². The van der Waals surface area contributed by atoms with E-state index in [-0.39, 0.29) is 24.4 Å². The van der Waals surface area contributed by atoms with E-state index in [9.17, 15) is 9.59 Å². The Bertz CT molecular complexity index is 652. The van der Waals surface area contributed by atoms with Crippen molar-refractivity contribution in [3.05, 3.63) is 47.0 Å². The summed E-state index contributed by atoms with van der Waals surface area (Å²) in [6, 6.07) is 8.90. The fourth-order valence-corrected chi connectivity index (χ4v) is 2.64. The topological polar surface area (TPSA) is 62.3 Å². The summed E-state index contributed by atoms with van der Waals surface area (Å²) in [6.45, 7) is 5.71. The molecule has 5 nitrogen and oxygen atoms in total. The van der Waals surface area contributed by atoms with Gasteiger partial charge >= 0.3 is 0 Å². The number of carbonyl (C=O) groups excluding carboxylic acids is 2. The molecule has 0 unspecified atom stereocenters. The summed E-state index contributed by atoms with van der Waals surface area (Å²) in [6.07, 6.45) is 1.70. The molecule has 2 rings (SSSR count). The normalized spacial score (nSPS) is 10.5. The van der Waals surface area contributed by atoms with Crippen molar-refractivity contribution in [1.82, 2.24) is 9.88 Å². The van der Waals surface area contributed by atoms with Crippen LogP contribution in [0.1, 0.15) is 29.1 Å². The fraction of sp³-hybridized carbons (Fsp3) is 0.312. The van der Waals surface area contributed by atoms with Gasteiger partial charge in [-0.2, -0.15) is 0 Å². The lowest BCUT2D eigenvalue weighted by Gasteiger charge is -2.26. The molecule has 0 fully saturated rings. The molecule has 1 aromatic heterocycles. The molecule has 0 aliphatic rings. The van der Waals surface area contributed by atoms with Crippen molar-refractivity contribution in [2.24, 2.45) is 0 Å². The van der Waals surface area contributed by atoms with E-state index in [4.69, 9.17) is 0 Å². The Balaban J connectivity index is 2.05. The summed E-state index contributed by atoms with van der Waals surface area (Å²) in [5.74, 6) is -0.395. The van der Waals surface area contributed by atoms with Crippen LogP contribution < -0.4 is 5.32 Å². The first-order valence-corrected chi connectivity index (χ1v) is 7.87. The van der Waals surface area contributed by atoms with Gasteiger partial charge in [-0.1, -0.05) is 18.2 Å². The Morgan fingerprint density at radius 1 is 1.27 bits per heavy atom. The lowest BCUT2D eigenvalue weighted by molar-refractivity contribution is -0.117. The molecule has 2 amide bonds. The van der Waals surface area contributed by atoms with Gasteiger partial charge in [0.05, 0.1) is 0 Å². The van der Waals surface area contributed by atoms with E-state index < -0.39 is 0 Å². The predicted octanol–water partition coefficient (Wildman–Crippen LogP) is 2.94. The molecule has 22 heavy (non-hydrogen) atoms. The average molecular weight is 317 g/mol. The van der Waals surface area contributed by atoms with Gasteiger partial charge in [-0.3, -0.25) is 9.59 Å². The van der Waals surface area contributed by atoms with Crippen LogP contribution in [0, 0.1) is 6.92 Å². The van der Waals surface area contributed by atoms with Gasteiger partial charge in [0.2, 0.25) is 5.91 Å². The molecular weight excluding hydrogens is 298 g/mol. The van der Waals surface area contributed by atoms with Crippen molar-refractivity contribution in [2.45, 2.75) is 26.8 Å². The zero-order valence-corrected chi connectivity index (χ0v) is 13.7. The smallest absolute Gasteiger partial charge is 0.254 e. The molecule has 0 aliphatic carbocycles. The second-order valence-corrected chi connectivity index (χ2v) is 6.45. The van der Waals surface area contributed by atoms with E-state index in [2.05, 4.69) is 10.3 Å². The van der Waals surface area contributed by atoms with E-state index in [1.54, 1.807) is 23.2 Å². The minimum absolute atomic E-state index is 0.00399. The molecule has 0 saturated heterocycles. The summed E-state index contributed by atoms with van der Waals surface area (Å²) < 4.78 is 0. The van der Waals surface area contributed by atoms with Crippen LogP contribution in [0.2, 0.25) is 0 Å². The number of aromatic nitrogens is 1. The van der Waals surface area contributed by atoms with Crippen LogP contribution >= 0.6 is 11.3 Å². The third-order valence-electron chi connectivity index (χ3n) is 3.09. The molecule has 6 heteroatoms. The highest BCUT2D eigenvalue weighted by Crippen LogP contribution is 2.16. The lowest BCUT2D eigenvalue weighted by atomic mass is 10.1. The number of amides is 2. The Morgan fingerprint density at radius 2 is 1.95 bits per heavy atom. The molecule has 1 heterocycles. The maximum absolute atomic E-state index is 12.5. The molecule has 0 radical (unpaired) electrons. The average Bonchev–Trinajstić information content (AvgIpc) is 2.89. The quantitative estimate of drug-likeness (QED) is 0.922. The monoisotopic (exact) mass is 317 g/mol. The van der Waals surface area contributed by atoms with Gasteiger partial charge in [0, 0.05) is 22.7 Å². The summed E-state index contributed by atoms with van der Waals surface area (Å²) in [4.78, 5) is 31.3. The maximum Gasteiger partial charge on any atom is 0.254 e. The van der Waals surface area contributed by atoms with Crippen LogP contribution in [-0.2, 0) is 4.79 Å². The van der Waals surface area contributed by atoms with Crippen LogP contribution in [0.5, 0.6) is 0 Å². The number of hydrogen-bond donors (Lipinski definition) is 1. The van der Waals surface area contributed by atoms with Crippen LogP contribution in [0.3, 0.4) is 0 Å². The number of nitrogens with zero attached hydrogens (tertiary/aromatic N) is 2. The van der Waals surface area contributed by atoms with Gasteiger partial charge in [-0.15, -0.1) is 11.3 Å². The maximum atomic E-state index is 12.5. The minimum Gasteiger partial charge on any atom is -0.327 e. The molecular formula is C16H19N3O2S. The van der Waals surface area contributed by atoms with Crippen molar-refractivity contribution < 1.29 is 9.59 Å². The molecule has 0 aliphatic heterocycles. The standard InChI is InChI=1S/C16H19N3O2S/c1-11(2)19(15(21)13-7-5-4-6-8-13)10-14(20)18-16-17-9-12(3)22-16/h4-9,11H,10H2,1-3H3,(H,17,18,20). The summed E-state index contributed by atoms with van der Waals surface area (Å²) in [5, 5.41) is 3.28. The first-order valence-electron chi connectivity index (χ1n) is 7.05. The van der Waals surface area contributed by atoms with E-state index >= 15 is 0 Å². The number of anilines is 1. The van der Waals surface area contributed by atoms with Crippen LogP contribution in [-0.4, -0.2) is 34.3 Å². The first-order chi connectivity index (χ1) is 10.5. The first kappa shape index (κ1) is 16.2. The van der Waals surface area contributed by atoms with Crippen molar-refractivity contribution in [1.29, 1.82) is 0 Å². The highest BCUT2D eigenvalue weighted by Gasteiger charge is 2.21. The molecule has 0 bridgehead atoms. The Kier molecular flexibility index (Phi) is 5.27. The summed E-state index contributed by atoms with van der Waals surface area (Å²) in [5.41, 5.74) is 0.578. The van der Waals surface area contributed by atoms with Crippen LogP contribution in [0.25, 0.3) is 0 Å². The van der Waals surface area contributed by atoms with Crippen molar-refractivity contribution >= 4 is 28.3 Å². The second kappa shape index (κ2) is 7.17. The molecule has 1 N–H and O–H groups in total. The summed E-state index contributed by atoms with van der Waals surface area (Å²) >= 11 is 1.41. The Morgan fingerprint density at radius 3 is 2.50 bits per heavy atom. The lowest BCUT2D eigenvalue weighted by Crippen LogP contribution is -2.42. The van der Waals surface area contributed by atoms with Crippen molar-refractivity contribution in [3.63, 3.8) is 0 Å². The van der Waals surface area contributed by atoms with Crippen LogP contribution in [0.4, 0.5) is 5.13 Å². The predicted molar refractivity (Wildman–Crippen MR) is 88.1 cm³/mol. The molecule has 1 aromatic carbocycles.